The number of rotatable bonds is 4. The summed E-state index contributed by atoms with van der Waals surface area (Å²) in [6.07, 6.45) is 5.27. The van der Waals surface area contributed by atoms with Gasteiger partial charge >= 0.3 is 5.97 Å². The summed E-state index contributed by atoms with van der Waals surface area (Å²) < 4.78 is 0. The van der Waals surface area contributed by atoms with E-state index in [9.17, 15) is 14.7 Å². The fraction of sp³-hybridized carbons (Fsp3) is 0.529. The molecule has 0 spiro atoms. The van der Waals surface area contributed by atoms with E-state index in [2.05, 4.69) is 12.2 Å². The standard InChI is InChI=1S/C17H23NO3/c1-2-12-8-10-13(11-9-12)16(19)18-15-7-5-3-4-6-14(15)17(20)21/h8-11,14-15H,2-7H2,1H3,(H,18,19)(H,20,21)/t14-,15+/m1/s1. The van der Waals surface area contributed by atoms with Crippen molar-refractivity contribution in [1.29, 1.82) is 0 Å². The van der Waals surface area contributed by atoms with Gasteiger partial charge in [0.25, 0.3) is 5.91 Å². The number of hydrogen-bond donors (Lipinski definition) is 2. The summed E-state index contributed by atoms with van der Waals surface area (Å²) in [5.41, 5.74) is 1.78. The second-order valence-electron chi connectivity index (χ2n) is 5.71. The number of nitrogens with one attached hydrogen (secondary N) is 1. The zero-order chi connectivity index (χ0) is 15.2. The Bertz CT molecular complexity index is 495. The van der Waals surface area contributed by atoms with E-state index in [1.807, 2.05) is 12.1 Å². The Morgan fingerprint density at radius 2 is 1.81 bits per heavy atom. The Labute approximate surface area is 125 Å². The minimum atomic E-state index is -0.802. The maximum atomic E-state index is 12.3. The number of aliphatic carboxylic acids is 1. The van der Waals surface area contributed by atoms with Crippen LogP contribution >= 0.6 is 0 Å². The summed E-state index contributed by atoms with van der Waals surface area (Å²) in [6, 6.07) is 7.23. The van der Waals surface area contributed by atoms with Gasteiger partial charge in [0.1, 0.15) is 0 Å². The van der Waals surface area contributed by atoms with Gasteiger partial charge in [0.05, 0.1) is 5.92 Å². The van der Waals surface area contributed by atoms with E-state index in [0.717, 1.165) is 32.1 Å². The van der Waals surface area contributed by atoms with Crippen LogP contribution in [0.15, 0.2) is 24.3 Å². The molecule has 0 unspecified atom stereocenters. The first-order valence-corrected chi connectivity index (χ1v) is 7.74. The summed E-state index contributed by atoms with van der Waals surface area (Å²) in [7, 11) is 0. The molecular formula is C17H23NO3. The van der Waals surface area contributed by atoms with Gasteiger partial charge in [0.15, 0.2) is 0 Å². The van der Waals surface area contributed by atoms with Crippen molar-refractivity contribution in [1.82, 2.24) is 5.32 Å². The molecule has 1 aromatic rings. The van der Waals surface area contributed by atoms with Gasteiger partial charge in [-0.15, -0.1) is 0 Å². The van der Waals surface area contributed by atoms with Crippen LogP contribution in [0, 0.1) is 5.92 Å². The molecule has 21 heavy (non-hydrogen) atoms. The zero-order valence-electron chi connectivity index (χ0n) is 12.5. The molecule has 1 saturated carbocycles. The van der Waals surface area contributed by atoms with E-state index in [-0.39, 0.29) is 11.9 Å². The molecule has 4 heteroatoms. The molecule has 2 rings (SSSR count). The van der Waals surface area contributed by atoms with Gasteiger partial charge < -0.3 is 10.4 Å². The Balaban J connectivity index is 2.06. The predicted molar refractivity (Wildman–Crippen MR) is 81.3 cm³/mol. The van der Waals surface area contributed by atoms with Crippen molar-refractivity contribution in [2.45, 2.75) is 51.5 Å². The molecule has 0 saturated heterocycles. The fourth-order valence-corrected chi connectivity index (χ4v) is 2.92. The molecule has 4 nitrogen and oxygen atoms in total. The van der Waals surface area contributed by atoms with E-state index < -0.39 is 11.9 Å². The summed E-state index contributed by atoms with van der Waals surface area (Å²) in [5, 5.41) is 12.3. The number of carboxylic acid groups (broad SMARTS) is 1. The maximum Gasteiger partial charge on any atom is 0.308 e. The Hall–Kier alpha value is -1.84. The molecule has 1 amide bonds. The summed E-state index contributed by atoms with van der Waals surface area (Å²) in [4.78, 5) is 23.7. The van der Waals surface area contributed by atoms with E-state index >= 15 is 0 Å². The minimum absolute atomic E-state index is 0.171. The Kier molecular flexibility index (Phi) is 5.37. The molecule has 2 atom stereocenters. The van der Waals surface area contributed by atoms with Gasteiger partial charge in [-0.1, -0.05) is 38.3 Å². The molecule has 0 radical (unpaired) electrons. The van der Waals surface area contributed by atoms with E-state index in [1.54, 1.807) is 12.1 Å². The molecule has 114 valence electrons. The summed E-state index contributed by atoms with van der Waals surface area (Å²) >= 11 is 0. The summed E-state index contributed by atoms with van der Waals surface area (Å²) in [5.74, 6) is -1.44. The quantitative estimate of drug-likeness (QED) is 0.837. The number of carbonyl (C=O) groups is 2. The normalized spacial score (nSPS) is 22.3. The van der Waals surface area contributed by atoms with Crippen molar-refractivity contribution >= 4 is 11.9 Å². The monoisotopic (exact) mass is 289 g/mol. The largest absolute Gasteiger partial charge is 0.481 e. The second-order valence-corrected chi connectivity index (χ2v) is 5.71. The molecule has 1 aliphatic carbocycles. The molecule has 2 N–H and O–H groups in total. The lowest BCUT2D eigenvalue weighted by atomic mass is 9.94. The number of carbonyl (C=O) groups excluding carboxylic acids is 1. The van der Waals surface area contributed by atoms with Gasteiger partial charge in [0, 0.05) is 11.6 Å². The third kappa shape index (κ3) is 4.06. The van der Waals surface area contributed by atoms with Gasteiger partial charge in [0.2, 0.25) is 0 Å². The van der Waals surface area contributed by atoms with Gasteiger partial charge in [-0.05, 0) is 37.0 Å². The second kappa shape index (κ2) is 7.25. The van der Waals surface area contributed by atoms with Crippen molar-refractivity contribution in [3.05, 3.63) is 35.4 Å². The third-order valence-electron chi connectivity index (χ3n) is 4.27. The first-order valence-electron chi connectivity index (χ1n) is 7.74. The van der Waals surface area contributed by atoms with E-state index in [1.165, 1.54) is 5.56 Å². The fourth-order valence-electron chi connectivity index (χ4n) is 2.92. The lowest BCUT2D eigenvalue weighted by molar-refractivity contribution is -0.142. The van der Waals surface area contributed by atoms with Crippen molar-refractivity contribution in [3.8, 4) is 0 Å². The molecule has 0 aliphatic heterocycles. The van der Waals surface area contributed by atoms with Gasteiger partial charge in [-0.25, -0.2) is 0 Å². The van der Waals surface area contributed by atoms with Crippen LogP contribution in [-0.4, -0.2) is 23.0 Å². The number of benzene rings is 1. The molecule has 1 aliphatic rings. The topological polar surface area (TPSA) is 66.4 Å². The smallest absolute Gasteiger partial charge is 0.308 e. The number of aryl methyl sites for hydroxylation is 1. The first kappa shape index (κ1) is 15.5. The summed E-state index contributed by atoms with van der Waals surface area (Å²) in [6.45, 7) is 2.07. The maximum absolute atomic E-state index is 12.3. The van der Waals surface area contributed by atoms with Crippen LogP contribution in [0.25, 0.3) is 0 Å². The molecule has 0 aromatic heterocycles. The van der Waals surface area contributed by atoms with Crippen molar-refractivity contribution in [2.75, 3.05) is 0 Å². The molecule has 1 aromatic carbocycles. The van der Waals surface area contributed by atoms with Gasteiger partial charge in [-0.2, -0.15) is 0 Å². The van der Waals surface area contributed by atoms with Crippen LogP contribution in [-0.2, 0) is 11.2 Å². The molecule has 0 heterocycles. The Morgan fingerprint density at radius 3 is 2.43 bits per heavy atom. The minimum Gasteiger partial charge on any atom is -0.481 e. The van der Waals surface area contributed by atoms with Gasteiger partial charge in [-0.3, -0.25) is 9.59 Å². The van der Waals surface area contributed by atoms with Crippen molar-refractivity contribution < 1.29 is 14.7 Å². The van der Waals surface area contributed by atoms with Crippen LogP contribution < -0.4 is 5.32 Å². The number of hydrogen-bond acceptors (Lipinski definition) is 2. The lowest BCUT2D eigenvalue weighted by Gasteiger charge is -2.22. The molecular weight excluding hydrogens is 266 g/mol. The number of amides is 1. The first-order chi connectivity index (χ1) is 10.1. The average Bonchev–Trinajstić information content (AvgIpc) is 2.72. The van der Waals surface area contributed by atoms with Crippen molar-refractivity contribution in [2.24, 2.45) is 5.92 Å². The third-order valence-corrected chi connectivity index (χ3v) is 4.27. The predicted octanol–water partition coefficient (Wildman–Crippen LogP) is 3.01. The molecule has 0 bridgehead atoms. The SMILES string of the molecule is CCc1ccc(C(=O)N[C@H]2CCCCC[C@H]2C(=O)O)cc1. The molecule has 1 fully saturated rings. The van der Waals surface area contributed by atoms with Crippen LogP contribution in [0.2, 0.25) is 0 Å². The average molecular weight is 289 g/mol. The van der Waals surface area contributed by atoms with E-state index in [0.29, 0.717) is 12.0 Å². The highest BCUT2D eigenvalue weighted by molar-refractivity contribution is 5.94. The van der Waals surface area contributed by atoms with Crippen LogP contribution in [0.5, 0.6) is 0 Å². The number of carboxylic acids is 1. The highest BCUT2D eigenvalue weighted by atomic mass is 16.4. The lowest BCUT2D eigenvalue weighted by Crippen LogP contribution is -2.42. The highest BCUT2D eigenvalue weighted by Gasteiger charge is 2.30. The van der Waals surface area contributed by atoms with Crippen molar-refractivity contribution in [3.63, 3.8) is 0 Å². The van der Waals surface area contributed by atoms with Crippen LogP contribution in [0.4, 0.5) is 0 Å². The van der Waals surface area contributed by atoms with Crippen LogP contribution in [0.1, 0.15) is 54.9 Å². The highest BCUT2D eigenvalue weighted by Crippen LogP contribution is 2.24. The Morgan fingerprint density at radius 1 is 1.14 bits per heavy atom. The van der Waals surface area contributed by atoms with Crippen LogP contribution in [0.3, 0.4) is 0 Å². The van der Waals surface area contributed by atoms with E-state index in [4.69, 9.17) is 0 Å². The zero-order valence-corrected chi connectivity index (χ0v) is 12.5.